The minimum Gasteiger partial charge on any atom is -0.444 e. The van der Waals surface area contributed by atoms with Crippen molar-refractivity contribution in [1.29, 1.82) is 0 Å². The predicted molar refractivity (Wildman–Crippen MR) is 70.1 cm³/mol. The van der Waals surface area contributed by atoms with E-state index in [9.17, 15) is 9.18 Å². The fourth-order valence-corrected chi connectivity index (χ4v) is 1.64. The molecule has 0 fully saturated rings. The number of alkyl carbamates (subject to hydrolysis) is 1. The second-order valence-corrected chi connectivity index (χ2v) is 5.60. The minimum absolute atomic E-state index is 0.154. The highest BCUT2D eigenvalue weighted by molar-refractivity contribution is 5.67. The van der Waals surface area contributed by atoms with Gasteiger partial charge in [-0.05, 0) is 32.3 Å². The van der Waals surface area contributed by atoms with E-state index < -0.39 is 17.9 Å². The van der Waals surface area contributed by atoms with Crippen LogP contribution in [0.5, 0.6) is 0 Å². The van der Waals surface area contributed by atoms with E-state index in [2.05, 4.69) is 5.32 Å². The van der Waals surface area contributed by atoms with E-state index in [1.807, 2.05) is 33.8 Å². The molecule has 102 valence electrons. The maximum atomic E-state index is 12.9. The van der Waals surface area contributed by atoms with Crippen molar-refractivity contribution >= 4 is 6.09 Å². The Hall–Kier alpha value is -1.32. The zero-order chi connectivity index (χ0) is 13.8. The molecule has 1 aliphatic carbocycles. The Morgan fingerprint density at radius 3 is 2.78 bits per heavy atom. The summed E-state index contributed by atoms with van der Waals surface area (Å²) >= 11 is 0. The molecule has 18 heavy (non-hydrogen) atoms. The van der Waals surface area contributed by atoms with Crippen molar-refractivity contribution in [1.82, 2.24) is 5.32 Å². The van der Waals surface area contributed by atoms with E-state index in [1.54, 1.807) is 12.2 Å². The molecular formula is C14H22FNO2. The number of carbonyl (C=O) groups excluding carboxylic acids is 1. The van der Waals surface area contributed by atoms with Gasteiger partial charge in [0, 0.05) is 13.0 Å². The van der Waals surface area contributed by atoms with E-state index in [0.717, 1.165) is 5.57 Å². The first-order valence-electron chi connectivity index (χ1n) is 6.27. The second kappa shape index (κ2) is 6.03. The number of amides is 1. The molecule has 0 spiro atoms. The third-order valence-corrected chi connectivity index (χ3v) is 2.60. The summed E-state index contributed by atoms with van der Waals surface area (Å²) in [6, 6.07) is 0. The Labute approximate surface area is 108 Å². The molecule has 0 saturated carbocycles. The van der Waals surface area contributed by atoms with E-state index in [1.165, 1.54) is 0 Å². The van der Waals surface area contributed by atoms with Gasteiger partial charge in [0.05, 0.1) is 0 Å². The summed E-state index contributed by atoms with van der Waals surface area (Å²) in [6.07, 6.45) is 4.35. The molecule has 3 nitrogen and oxygen atoms in total. The standard InChI is InChI=1S/C14H22FNO2/c1-10(11-5-7-12(15)8-6-11)9-16-13(17)18-14(2,3)4/h5-7,10,12H,8-9H2,1-4H3,(H,16,17). The topological polar surface area (TPSA) is 38.3 Å². The Bertz CT molecular complexity index is 355. The molecule has 0 radical (unpaired) electrons. The summed E-state index contributed by atoms with van der Waals surface area (Å²) in [4.78, 5) is 11.5. The highest BCUT2D eigenvalue weighted by Gasteiger charge is 2.17. The van der Waals surface area contributed by atoms with Crippen LogP contribution in [0.25, 0.3) is 0 Å². The molecule has 1 rings (SSSR count). The van der Waals surface area contributed by atoms with Crippen LogP contribution >= 0.6 is 0 Å². The van der Waals surface area contributed by atoms with Crippen LogP contribution in [0.3, 0.4) is 0 Å². The molecule has 0 aromatic rings. The lowest BCUT2D eigenvalue weighted by molar-refractivity contribution is 0.0523. The zero-order valence-corrected chi connectivity index (χ0v) is 11.5. The molecule has 1 amide bonds. The van der Waals surface area contributed by atoms with Gasteiger partial charge in [0.1, 0.15) is 11.8 Å². The molecule has 0 heterocycles. The molecule has 0 saturated heterocycles. The number of hydrogen-bond donors (Lipinski definition) is 1. The first kappa shape index (κ1) is 14.7. The second-order valence-electron chi connectivity index (χ2n) is 5.60. The van der Waals surface area contributed by atoms with Crippen molar-refractivity contribution in [3.05, 3.63) is 23.8 Å². The molecule has 2 atom stereocenters. The van der Waals surface area contributed by atoms with Gasteiger partial charge in [0.2, 0.25) is 0 Å². The molecule has 4 heteroatoms. The van der Waals surface area contributed by atoms with Crippen LogP contribution in [0.4, 0.5) is 9.18 Å². The van der Waals surface area contributed by atoms with E-state index in [0.29, 0.717) is 13.0 Å². The van der Waals surface area contributed by atoms with Crippen molar-refractivity contribution in [2.75, 3.05) is 6.54 Å². The number of carbonyl (C=O) groups is 1. The first-order chi connectivity index (χ1) is 8.28. The van der Waals surface area contributed by atoms with E-state index in [4.69, 9.17) is 4.74 Å². The van der Waals surface area contributed by atoms with Crippen LogP contribution in [0.1, 0.15) is 34.1 Å². The number of halogens is 1. The normalized spacial score (nSPS) is 21.2. The SMILES string of the molecule is CC(CNC(=O)OC(C)(C)C)C1=CCC(F)C=C1. The van der Waals surface area contributed by atoms with Crippen LogP contribution in [-0.4, -0.2) is 24.4 Å². The predicted octanol–water partition coefficient (Wildman–Crippen LogP) is 3.37. The molecule has 0 bridgehead atoms. The maximum absolute atomic E-state index is 12.9. The molecule has 0 aromatic heterocycles. The number of hydrogen-bond acceptors (Lipinski definition) is 2. The Morgan fingerprint density at radius 1 is 1.61 bits per heavy atom. The monoisotopic (exact) mass is 255 g/mol. The number of nitrogens with one attached hydrogen (secondary N) is 1. The van der Waals surface area contributed by atoms with Gasteiger partial charge in [-0.3, -0.25) is 0 Å². The van der Waals surface area contributed by atoms with Gasteiger partial charge < -0.3 is 10.1 Å². The number of alkyl halides is 1. The van der Waals surface area contributed by atoms with Crippen molar-refractivity contribution in [2.45, 2.75) is 45.9 Å². The summed E-state index contributed by atoms with van der Waals surface area (Å²) in [5.74, 6) is 0.154. The lowest BCUT2D eigenvalue weighted by Gasteiger charge is -2.21. The third-order valence-electron chi connectivity index (χ3n) is 2.60. The van der Waals surface area contributed by atoms with Crippen LogP contribution in [-0.2, 0) is 4.74 Å². The van der Waals surface area contributed by atoms with Gasteiger partial charge in [-0.15, -0.1) is 0 Å². The highest BCUT2D eigenvalue weighted by Crippen LogP contribution is 2.19. The van der Waals surface area contributed by atoms with Crippen LogP contribution in [0.2, 0.25) is 0 Å². The lowest BCUT2D eigenvalue weighted by atomic mass is 9.95. The fourth-order valence-electron chi connectivity index (χ4n) is 1.64. The zero-order valence-electron chi connectivity index (χ0n) is 11.5. The van der Waals surface area contributed by atoms with Gasteiger partial charge >= 0.3 is 6.09 Å². The van der Waals surface area contributed by atoms with Gasteiger partial charge in [-0.25, -0.2) is 9.18 Å². The summed E-state index contributed by atoms with van der Waals surface area (Å²) in [5.41, 5.74) is 0.568. The Morgan fingerprint density at radius 2 is 2.28 bits per heavy atom. The van der Waals surface area contributed by atoms with Crippen molar-refractivity contribution in [3.63, 3.8) is 0 Å². The third kappa shape index (κ3) is 5.34. The summed E-state index contributed by atoms with van der Waals surface area (Å²) < 4.78 is 18.0. The highest BCUT2D eigenvalue weighted by atomic mass is 19.1. The van der Waals surface area contributed by atoms with Gasteiger partial charge in [-0.2, -0.15) is 0 Å². The molecule has 1 N–H and O–H groups in total. The smallest absolute Gasteiger partial charge is 0.407 e. The largest absolute Gasteiger partial charge is 0.444 e. The Kier molecular flexibility index (Phi) is 4.93. The quantitative estimate of drug-likeness (QED) is 0.839. The van der Waals surface area contributed by atoms with Crippen molar-refractivity contribution in [2.24, 2.45) is 5.92 Å². The fraction of sp³-hybridized carbons (Fsp3) is 0.643. The average molecular weight is 255 g/mol. The van der Waals surface area contributed by atoms with Crippen LogP contribution < -0.4 is 5.32 Å². The van der Waals surface area contributed by atoms with Crippen LogP contribution in [0.15, 0.2) is 23.8 Å². The van der Waals surface area contributed by atoms with Crippen LogP contribution in [0, 0.1) is 5.92 Å². The molecule has 0 aliphatic heterocycles. The van der Waals surface area contributed by atoms with E-state index >= 15 is 0 Å². The number of rotatable bonds is 3. The molecule has 2 unspecified atom stereocenters. The number of allylic oxidation sites excluding steroid dienone is 3. The van der Waals surface area contributed by atoms with Gasteiger partial charge in [0.15, 0.2) is 0 Å². The van der Waals surface area contributed by atoms with Crippen molar-refractivity contribution < 1.29 is 13.9 Å². The number of ether oxygens (including phenoxy) is 1. The molecular weight excluding hydrogens is 233 g/mol. The van der Waals surface area contributed by atoms with E-state index in [-0.39, 0.29) is 5.92 Å². The lowest BCUT2D eigenvalue weighted by Crippen LogP contribution is -2.35. The summed E-state index contributed by atoms with van der Waals surface area (Å²) in [5, 5.41) is 2.72. The molecule has 1 aliphatic rings. The van der Waals surface area contributed by atoms with Gasteiger partial charge in [-0.1, -0.05) is 25.2 Å². The summed E-state index contributed by atoms with van der Waals surface area (Å²) in [7, 11) is 0. The molecule has 0 aromatic carbocycles. The average Bonchev–Trinajstić information content (AvgIpc) is 2.24. The Balaban J connectivity index is 2.36. The minimum atomic E-state index is -0.875. The first-order valence-corrected chi connectivity index (χ1v) is 6.27. The van der Waals surface area contributed by atoms with Crippen molar-refractivity contribution in [3.8, 4) is 0 Å². The maximum Gasteiger partial charge on any atom is 0.407 e. The summed E-state index contributed by atoms with van der Waals surface area (Å²) in [6.45, 7) is 7.95. The van der Waals surface area contributed by atoms with Gasteiger partial charge in [0.25, 0.3) is 0 Å².